The number of benzene rings is 3. The number of carbonyl (C=O) groups is 2. The number of Topliss-reactive ketones (excluding diaryl/α,β-unsaturated/α-hetero) is 1. The molecule has 0 aliphatic heterocycles. The number of phenols is 1. The number of aliphatic hydroxyl groups excluding tert-OH is 1. The molecule has 2 aliphatic carbocycles. The zero-order valence-electron chi connectivity index (χ0n) is 27.9. The summed E-state index contributed by atoms with van der Waals surface area (Å²) >= 11 is 0. The first-order valence-corrected chi connectivity index (χ1v) is 18.7. The van der Waals surface area contributed by atoms with Crippen LogP contribution in [0.3, 0.4) is 0 Å². The molecule has 0 amide bonds. The number of fused-ring (bicyclic) bond motifs is 1. The molecule has 49 heavy (non-hydrogen) atoms. The van der Waals surface area contributed by atoms with Gasteiger partial charge in [-0.25, -0.2) is 4.79 Å². The minimum Gasteiger partial charge on any atom is -0.505 e. The van der Waals surface area contributed by atoms with Crippen molar-refractivity contribution in [2.75, 3.05) is 13.2 Å². The van der Waals surface area contributed by atoms with Gasteiger partial charge in [0.25, 0.3) is 10.1 Å². The van der Waals surface area contributed by atoms with E-state index in [2.05, 4.69) is 10.2 Å². The van der Waals surface area contributed by atoms with E-state index in [0.717, 1.165) is 51.4 Å². The molecule has 2 saturated carbocycles. The second kappa shape index (κ2) is 16.8. The maximum atomic E-state index is 13.0. The number of azo groups is 1. The number of hydrogen-bond acceptors (Lipinski definition) is 10. The van der Waals surface area contributed by atoms with Gasteiger partial charge in [-0.3, -0.25) is 9.35 Å². The normalized spacial score (nSPS) is 20.5. The van der Waals surface area contributed by atoms with Gasteiger partial charge in [0, 0.05) is 30.2 Å². The Kier molecular flexibility index (Phi) is 12.5. The van der Waals surface area contributed by atoms with Crippen LogP contribution in [0.25, 0.3) is 10.8 Å². The topological polar surface area (TPSA) is 172 Å². The van der Waals surface area contributed by atoms with Gasteiger partial charge in [-0.05, 0) is 81.0 Å². The summed E-state index contributed by atoms with van der Waals surface area (Å²) in [6, 6.07) is 12.7. The van der Waals surface area contributed by atoms with E-state index in [4.69, 9.17) is 9.47 Å². The summed E-state index contributed by atoms with van der Waals surface area (Å²) in [6.45, 7) is 2.38. The predicted molar refractivity (Wildman–Crippen MR) is 184 cm³/mol. The van der Waals surface area contributed by atoms with E-state index >= 15 is 0 Å². The smallest absolute Gasteiger partial charge is 0.342 e. The van der Waals surface area contributed by atoms with Crippen LogP contribution in [-0.2, 0) is 24.4 Å². The Morgan fingerprint density at radius 1 is 0.898 bits per heavy atom. The van der Waals surface area contributed by atoms with E-state index in [1.807, 2.05) is 0 Å². The molecule has 0 spiro atoms. The zero-order valence-corrected chi connectivity index (χ0v) is 28.7. The number of nitrogens with zero attached hydrogens (tertiary/aromatic N) is 2. The van der Waals surface area contributed by atoms with Crippen molar-refractivity contribution >= 4 is 44.0 Å². The number of carbonyl (C=O) groups excluding carboxylic acids is 2. The molecule has 0 radical (unpaired) electrons. The van der Waals surface area contributed by atoms with Gasteiger partial charge in [0.05, 0.1) is 18.8 Å². The van der Waals surface area contributed by atoms with Gasteiger partial charge in [-0.2, -0.15) is 8.42 Å². The summed E-state index contributed by atoms with van der Waals surface area (Å²) in [5.41, 5.74) is 0.331. The minimum absolute atomic E-state index is 0.0351. The monoisotopic (exact) mass is 694 g/mol. The molecule has 0 saturated heterocycles. The molecule has 0 heterocycles. The summed E-state index contributed by atoms with van der Waals surface area (Å²) < 4.78 is 45.0. The fourth-order valence-corrected chi connectivity index (χ4v) is 7.63. The van der Waals surface area contributed by atoms with Crippen LogP contribution in [0.4, 0.5) is 11.4 Å². The number of aryl methyl sites for hydroxylation is 1. The van der Waals surface area contributed by atoms with Crippen LogP contribution in [0.15, 0.2) is 63.7 Å². The predicted octanol–water partition coefficient (Wildman–Crippen LogP) is 7.93. The highest BCUT2D eigenvalue weighted by atomic mass is 32.2. The van der Waals surface area contributed by atoms with Crippen LogP contribution in [0.1, 0.15) is 93.0 Å². The number of ketones is 1. The van der Waals surface area contributed by atoms with E-state index < -0.39 is 32.8 Å². The molecule has 3 atom stereocenters. The summed E-state index contributed by atoms with van der Waals surface area (Å²) in [5, 5.41) is 30.9. The highest BCUT2D eigenvalue weighted by Crippen LogP contribution is 2.40. The lowest BCUT2D eigenvalue weighted by Crippen LogP contribution is -2.40. The maximum Gasteiger partial charge on any atom is 0.342 e. The second-order valence-corrected chi connectivity index (χ2v) is 14.6. The van der Waals surface area contributed by atoms with Crippen LogP contribution in [0.2, 0.25) is 0 Å². The summed E-state index contributed by atoms with van der Waals surface area (Å²) in [6.07, 6.45) is 9.76. The Hall–Kier alpha value is -3.71. The second-order valence-electron chi connectivity index (χ2n) is 13.3. The van der Waals surface area contributed by atoms with Gasteiger partial charge in [0.15, 0.2) is 5.75 Å². The third-order valence-corrected chi connectivity index (χ3v) is 10.5. The molecule has 5 rings (SSSR count). The first-order valence-electron chi connectivity index (χ1n) is 17.3. The van der Waals surface area contributed by atoms with Crippen LogP contribution >= 0.6 is 0 Å². The molecule has 3 aromatic rings. The first kappa shape index (κ1) is 36.6. The average molecular weight is 695 g/mol. The van der Waals surface area contributed by atoms with E-state index in [1.165, 1.54) is 24.6 Å². The van der Waals surface area contributed by atoms with E-state index in [0.29, 0.717) is 42.2 Å². The van der Waals surface area contributed by atoms with Gasteiger partial charge >= 0.3 is 5.97 Å². The molecule has 12 heteroatoms. The third-order valence-electron chi connectivity index (χ3n) is 9.63. The number of unbranched alkanes of at least 4 members (excludes halogenated alkanes) is 3. The Morgan fingerprint density at radius 2 is 1.63 bits per heavy atom. The third kappa shape index (κ3) is 9.50. The molecule has 0 bridgehead atoms. The van der Waals surface area contributed by atoms with E-state index in [9.17, 15) is 32.8 Å². The fourth-order valence-electron chi connectivity index (χ4n) is 6.92. The van der Waals surface area contributed by atoms with Crippen LogP contribution in [0.5, 0.6) is 5.75 Å². The maximum absolute atomic E-state index is 13.0. The SMILES string of the molecule is Cc1ccc(N=Nc2c(O)c(C(=O)OCCCCCCOC3CCC(C(=O)C4CCCCC4)C(O)C3)cc3ccccc23)c(S(=O)(=O)O)c1. The molecule has 2 fully saturated rings. The van der Waals surface area contributed by atoms with Gasteiger partial charge in [-0.1, -0.05) is 56.0 Å². The van der Waals surface area contributed by atoms with Crippen LogP contribution < -0.4 is 0 Å². The lowest BCUT2D eigenvalue weighted by molar-refractivity contribution is -0.135. The van der Waals surface area contributed by atoms with E-state index in [-0.39, 0.29) is 47.3 Å². The fraction of sp³-hybridized carbons (Fsp3) is 0.514. The van der Waals surface area contributed by atoms with Crippen molar-refractivity contribution in [1.82, 2.24) is 0 Å². The Morgan fingerprint density at radius 3 is 2.37 bits per heavy atom. The molecule has 264 valence electrons. The van der Waals surface area contributed by atoms with E-state index in [1.54, 1.807) is 37.3 Å². The molecule has 2 aliphatic rings. The van der Waals surface area contributed by atoms with Crippen molar-refractivity contribution in [3.8, 4) is 5.75 Å². The van der Waals surface area contributed by atoms with Gasteiger partial charge in [0.2, 0.25) is 0 Å². The number of rotatable bonds is 14. The highest BCUT2D eigenvalue weighted by Gasteiger charge is 2.37. The molecule has 3 aromatic carbocycles. The van der Waals surface area contributed by atoms with Crippen molar-refractivity contribution < 1.29 is 42.2 Å². The van der Waals surface area contributed by atoms with Crippen LogP contribution in [0, 0.1) is 18.8 Å². The molecular weight excluding hydrogens is 648 g/mol. The number of ether oxygens (including phenoxy) is 2. The number of aliphatic hydroxyl groups is 1. The zero-order chi connectivity index (χ0) is 35.0. The summed E-state index contributed by atoms with van der Waals surface area (Å²) in [4.78, 5) is 25.5. The number of phenolic OH excluding ortho intramolecular Hbond substituents is 1. The molecule has 3 N–H and O–H groups in total. The van der Waals surface area contributed by atoms with Crippen molar-refractivity contribution in [2.24, 2.45) is 22.1 Å². The Bertz CT molecular complexity index is 1770. The molecule has 11 nitrogen and oxygen atoms in total. The van der Waals surface area contributed by atoms with Crippen LogP contribution in [-0.4, -0.2) is 60.4 Å². The van der Waals surface area contributed by atoms with Gasteiger partial charge in [-0.15, -0.1) is 10.2 Å². The largest absolute Gasteiger partial charge is 0.505 e. The average Bonchev–Trinajstić information content (AvgIpc) is 3.09. The lowest BCUT2D eigenvalue weighted by atomic mass is 9.74. The van der Waals surface area contributed by atoms with Crippen molar-refractivity contribution in [2.45, 2.75) is 101 Å². The summed E-state index contributed by atoms with van der Waals surface area (Å²) in [5.74, 6) is -1.06. The van der Waals surface area contributed by atoms with Gasteiger partial charge in [0.1, 0.15) is 27.6 Å². The quantitative estimate of drug-likeness (QED) is 0.0656. The Labute approximate surface area is 287 Å². The van der Waals surface area contributed by atoms with Crippen molar-refractivity contribution in [1.29, 1.82) is 0 Å². The molecule has 0 aromatic heterocycles. The Balaban J connectivity index is 1.08. The minimum atomic E-state index is -4.59. The number of esters is 1. The first-order chi connectivity index (χ1) is 23.5. The lowest BCUT2D eigenvalue weighted by Gasteiger charge is -2.34. The number of hydrogen-bond donors (Lipinski definition) is 3. The number of aromatic hydroxyl groups is 1. The van der Waals surface area contributed by atoms with Crippen molar-refractivity contribution in [3.05, 3.63) is 59.7 Å². The van der Waals surface area contributed by atoms with Gasteiger partial charge < -0.3 is 19.7 Å². The standard InChI is InChI=1S/C37H46N2O9S/c1-24-15-18-31(33(21-24)49(44,45)46)38-39-34-28-14-8-7-13-26(28)22-30(36(34)42)37(43)48-20-10-3-2-9-19-47-27-16-17-29(32(40)23-27)35(41)25-11-5-4-6-12-25/h7-8,13-15,18,21-22,25,27,29,32,40,42H,2-6,9-12,16-17,19-20,23H2,1H3,(H,44,45,46). The molecule has 3 unspecified atom stereocenters. The van der Waals surface area contributed by atoms with Crippen molar-refractivity contribution in [3.63, 3.8) is 0 Å². The molecular formula is C37H46N2O9S. The summed E-state index contributed by atoms with van der Waals surface area (Å²) in [7, 11) is -4.59. The highest BCUT2D eigenvalue weighted by molar-refractivity contribution is 7.86.